The van der Waals surface area contributed by atoms with E-state index >= 15 is 0 Å². The van der Waals surface area contributed by atoms with E-state index in [-0.39, 0.29) is 11.7 Å². The van der Waals surface area contributed by atoms with E-state index in [2.05, 4.69) is 5.32 Å². The molecule has 0 aliphatic carbocycles. The molecule has 2 aromatic heterocycles. The largest absolute Gasteiger partial charge is 0.467 e. The third-order valence-electron chi connectivity index (χ3n) is 3.47. The number of nitrogens with one attached hydrogen (secondary N) is 1. The van der Waals surface area contributed by atoms with Crippen LogP contribution in [0.25, 0.3) is 0 Å². The number of hydrogen-bond acceptors (Lipinski definition) is 5. The molecule has 2 heterocycles. The quantitative estimate of drug-likeness (QED) is 0.520. The van der Waals surface area contributed by atoms with Crippen molar-refractivity contribution >= 4 is 28.7 Å². The summed E-state index contributed by atoms with van der Waals surface area (Å²) >= 11 is 1.57. The Hall–Kier alpha value is -3.13. The number of nitrogens with zero attached hydrogens (tertiary/aromatic N) is 2. The molecule has 0 bridgehead atoms. The molecular weight excluding hydrogens is 342 g/mol. The maximum absolute atomic E-state index is 12.6. The molecule has 0 radical (unpaired) electrons. The maximum Gasteiger partial charge on any atom is 0.322 e. The standard InChI is InChI=1S/C17H15N3O4S/c21-17(18-13-5-7-14(8-6-13)20(22)23)19(11-15-3-1-9-24-15)12-16-4-2-10-25-16/h1-10H,11-12H2,(H,18,21). The maximum atomic E-state index is 12.6. The highest BCUT2D eigenvalue weighted by Crippen LogP contribution is 2.19. The first-order chi connectivity index (χ1) is 12.1. The minimum absolute atomic E-state index is 0.0240. The zero-order valence-electron chi connectivity index (χ0n) is 13.1. The smallest absolute Gasteiger partial charge is 0.322 e. The topological polar surface area (TPSA) is 88.6 Å². The lowest BCUT2D eigenvalue weighted by atomic mass is 10.3. The van der Waals surface area contributed by atoms with Gasteiger partial charge in [-0.15, -0.1) is 11.3 Å². The van der Waals surface area contributed by atoms with Gasteiger partial charge in [0.25, 0.3) is 5.69 Å². The Bertz CT molecular complexity index is 793. The van der Waals surface area contributed by atoms with E-state index in [1.165, 1.54) is 24.3 Å². The van der Waals surface area contributed by atoms with Crippen LogP contribution in [0.4, 0.5) is 16.2 Å². The van der Waals surface area contributed by atoms with Gasteiger partial charge < -0.3 is 14.6 Å². The average Bonchev–Trinajstić information content (AvgIpc) is 3.28. The molecule has 0 saturated heterocycles. The Kier molecular flexibility index (Phi) is 5.10. The zero-order chi connectivity index (χ0) is 17.6. The van der Waals surface area contributed by atoms with Gasteiger partial charge in [0.05, 0.1) is 24.3 Å². The number of nitro benzene ring substituents is 1. The number of rotatable bonds is 6. The van der Waals surface area contributed by atoms with Crippen LogP contribution in [-0.4, -0.2) is 15.9 Å². The molecule has 25 heavy (non-hydrogen) atoms. The lowest BCUT2D eigenvalue weighted by molar-refractivity contribution is -0.384. The van der Waals surface area contributed by atoms with Crippen LogP contribution in [0, 0.1) is 10.1 Å². The summed E-state index contributed by atoms with van der Waals surface area (Å²) in [4.78, 5) is 25.5. The highest BCUT2D eigenvalue weighted by Gasteiger charge is 2.17. The Morgan fingerprint density at radius 2 is 1.96 bits per heavy atom. The molecule has 2 amide bonds. The molecule has 0 aliphatic heterocycles. The van der Waals surface area contributed by atoms with Crippen LogP contribution in [0.1, 0.15) is 10.6 Å². The number of furan rings is 1. The van der Waals surface area contributed by atoms with Gasteiger partial charge in [0.15, 0.2) is 0 Å². The van der Waals surface area contributed by atoms with E-state index in [9.17, 15) is 14.9 Å². The summed E-state index contributed by atoms with van der Waals surface area (Å²) in [6.45, 7) is 0.765. The lowest BCUT2D eigenvalue weighted by Gasteiger charge is -2.21. The third-order valence-corrected chi connectivity index (χ3v) is 4.33. The fourth-order valence-electron chi connectivity index (χ4n) is 2.25. The van der Waals surface area contributed by atoms with Gasteiger partial charge in [0.1, 0.15) is 5.76 Å². The monoisotopic (exact) mass is 357 g/mol. The highest BCUT2D eigenvalue weighted by molar-refractivity contribution is 7.09. The number of anilines is 1. The minimum atomic E-state index is -0.481. The number of urea groups is 1. The van der Waals surface area contributed by atoms with Gasteiger partial charge >= 0.3 is 6.03 Å². The van der Waals surface area contributed by atoms with Crippen LogP contribution in [0.5, 0.6) is 0 Å². The van der Waals surface area contributed by atoms with Crippen molar-refractivity contribution in [1.29, 1.82) is 0 Å². The molecular formula is C17H15N3O4S. The van der Waals surface area contributed by atoms with E-state index < -0.39 is 4.92 Å². The fraction of sp³-hybridized carbons (Fsp3) is 0.118. The van der Waals surface area contributed by atoms with Crippen LogP contribution in [0.2, 0.25) is 0 Å². The second-order valence-corrected chi connectivity index (χ2v) is 6.28. The molecule has 1 N–H and O–H groups in total. The predicted octanol–water partition coefficient (Wildman–Crippen LogP) is 4.48. The Balaban J connectivity index is 1.72. The number of thiophene rings is 1. The number of nitro groups is 1. The van der Waals surface area contributed by atoms with Crippen LogP contribution in [-0.2, 0) is 13.1 Å². The molecule has 0 fully saturated rings. The van der Waals surface area contributed by atoms with Crippen LogP contribution < -0.4 is 5.32 Å². The van der Waals surface area contributed by atoms with Crippen molar-refractivity contribution in [1.82, 2.24) is 4.90 Å². The Labute approximate surface area is 147 Å². The lowest BCUT2D eigenvalue weighted by Crippen LogP contribution is -2.33. The van der Waals surface area contributed by atoms with Crippen molar-refractivity contribution in [2.24, 2.45) is 0 Å². The van der Waals surface area contributed by atoms with E-state index in [1.54, 1.807) is 34.6 Å². The molecule has 3 aromatic rings. The summed E-state index contributed by atoms with van der Waals surface area (Å²) in [6.07, 6.45) is 1.56. The number of benzene rings is 1. The number of amides is 2. The van der Waals surface area contributed by atoms with Gasteiger partial charge in [-0.1, -0.05) is 6.07 Å². The zero-order valence-corrected chi connectivity index (χ0v) is 13.9. The van der Waals surface area contributed by atoms with Gasteiger partial charge in [-0.25, -0.2) is 4.79 Å². The van der Waals surface area contributed by atoms with E-state index in [1.807, 2.05) is 17.5 Å². The van der Waals surface area contributed by atoms with E-state index in [0.29, 0.717) is 24.5 Å². The van der Waals surface area contributed by atoms with Crippen molar-refractivity contribution in [2.75, 3.05) is 5.32 Å². The highest BCUT2D eigenvalue weighted by atomic mass is 32.1. The van der Waals surface area contributed by atoms with Gasteiger partial charge in [-0.3, -0.25) is 10.1 Å². The summed E-state index contributed by atoms with van der Waals surface area (Å²) in [5, 5.41) is 15.4. The molecule has 0 atom stereocenters. The first kappa shape index (κ1) is 16.7. The van der Waals surface area contributed by atoms with Crippen molar-refractivity contribution in [3.8, 4) is 0 Å². The average molecular weight is 357 g/mol. The molecule has 0 spiro atoms. The Morgan fingerprint density at radius 1 is 1.16 bits per heavy atom. The summed E-state index contributed by atoms with van der Waals surface area (Å²) < 4.78 is 5.33. The number of non-ortho nitro benzene ring substituents is 1. The van der Waals surface area contributed by atoms with Crippen LogP contribution >= 0.6 is 11.3 Å². The van der Waals surface area contributed by atoms with Gasteiger partial charge in [-0.05, 0) is 35.7 Å². The number of carbonyl (C=O) groups is 1. The molecule has 0 unspecified atom stereocenters. The molecule has 7 nitrogen and oxygen atoms in total. The van der Waals surface area contributed by atoms with E-state index in [4.69, 9.17) is 4.42 Å². The molecule has 0 saturated carbocycles. The van der Waals surface area contributed by atoms with Crippen molar-refractivity contribution < 1.29 is 14.1 Å². The summed E-state index contributed by atoms with van der Waals surface area (Å²) in [5.41, 5.74) is 0.468. The second kappa shape index (κ2) is 7.63. The third kappa shape index (κ3) is 4.45. The van der Waals surface area contributed by atoms with Crippen LogP contribution in [0.15, 0.2) is 64.6 Å². The van der Waals surface area contributed by atoms with E-state index in [0.717, 1.165) is 4.88 Å². The normalized spacial score (nSPS) is 10.4. The summed E-state index contributed by atoms with van der Waals surface area (Å²) in [5.74, 6) is 0.676. The molecule has 0 aliphatic rings. The number of hydrogen-bond donors (Lipinski definition) is 1. The molecule has 8 heteroatoms. The number of carbonyl (C=O) groups excluding carboxylic acids is 1. The fourth-order valence-corrected chi connectivity index (χ4v) is 2.97. The second-order valence-electron chi connectivity index (χ2n) is 5.25. The Morgan fingerprint density at radius 3 is 2.56 bits per heavy atom. The summed E-state index contributed by atoms with van der Waals surface area (Å²) in [6, 6.07) is 12.9. The first-order valence-corrected chi connectivity index (χ1v) is 8.35. The summed E-state index contributed by atoms with van der Waals surface area (Å²) in [7, 11) is 0. The molecule has 1 aromatic carbocycles. The van der Waals surface area contributed by atoms with Crippen molar-refractivity contribution in [3.05, 3.63) is 80.9 Å². The van der Waals surface area contributed by atoms with Gasteiger partial charge in [0.2, 0.25) is 0 Å². The SMILES string of the molecule is O=C(Nc1ccc([N+](=O)[O-])cc1)N(Cc1ccco1)Cc1cccs1. The minimum Gasteiger partial charge on any atom is -0.467 e. The van der Waals surface area contributed by atoms with Gasteiger partial charge in [0, 0.05) is 22.7 Å². The van der Waals surface area contributed by atoms with Gasteiger partial charge in [-0.2, -0.15) is 0 Å². The predicted molar refractivity (Wildman–Crippen MR) is 94.4 cm³/mol. The first-order valence-electron chi connectivity index (χ1n) is 7.47. The van der Waals surface area contributed by atoms with Crippen LogP contribution in [0.3, 0.4) is 0 Å². The molecule has 128 valence electrons. The van der Waals surface area contributed by atoms with Crippen molar-refractivity contribution in [3.63, 3.8) is 0 Å². The van der Waals surface area contributed by atoms with Crippen molar-refractivity contribution in [2.45, 2.75) is 13.1 Å². The molecule has 3 rings (SSSR count).